The van der Waals surface area contributed by atoms with Crippen LogP contribution in [-0.4, -0.2) is 66.1 Å². The molecule has 0 radical (unpaired) electrons. The van der Waals surface area contributed by atoms with Crippen molar-refractivity contribution in [2.45, 2.75) is 162 Å². The second-order valence-corrected chi connectivity index (χ2v) is 27.1. The smallest absolute Gasteiger partial charge is 0.234 e. The lowest BCUT2D eigenvalue weighted by Crippen LogP contribution is -2.34. The summed E-state index contributed by atoms with van der Waals surface area (Å²) in [7, 11) is -3.39. The maximum absolute atomic E-state index is 9.40. The molecule has 0 amide bonds. The number of carbonyl (C=O) groups excluding carboxylic acids is 1. The lowest BCUT2D eigenvalue weighted by atomic mass is 9.96. The normalized spacial score (nSPS) is 12.9. The second-order valence-electron chi connectivity index (χ2n) is 13.3. The molecular formula is C28H65NO4Si4. The lowest BCUT2D eigenvalue weighted by Gasteiger charge is -2.30. The highest BCUT2D eigenvalue weighted by Crippen LogP contribution is 2.30. The van der Waals surface area contributed by atoms with Gasteiger partial charge in [-0.05, 0) is 111 Å². The number of nitrogens with zero attached hydrogens (tertiary/aromatic N) is 1. The van der Waals surface area contributed by atoms with Crippen LogP contribution in [0.5, 0.6) is 0 Å². The molecule has 0 aromatic carbocycles. The van der Waals surface area contributed by atoms with Crippen molar-refractivity contribution in [2.24, 2.45) is 10.9 Å². The lowest BCUT2D eigenvalue weighted by molar-refractivity contribution is 0.226. The van der Waals surface area contributed by atoms with E-state index in [0.29, 0.717) is 24.9 Å². The monoisotopic (exact) mass is 591 g/mol. The van der Waals surface area contributed by atoms with Crippen LogP contribution in [0, 0.1) is 5.92 Å². The van der Waals surface area contributed by atoms with Crippen molar-refractivity contribution in [1.29, 1.82) is 0 Å². The minimum Gasteiger partial charge on any atom is -0.415 e. The topological polar surface area (TPSA) is 57.1 Å². The van der Waals surface area contributed by atoms with E-state index >= 15 is 0 Å². The first kappa shape index (κ1) is 39.3. The van der Waals surface area contributed by atoms with E-state index in [-0.39, 0.29) is 0 Å². The average Bonchev–Trinajstić information content (AvgIpc) is 2.69. The van der Waals surface area contributed by atoms with E-state index in [1.165, 1.54) is 72.6 Å². The summed E-state index contributed by atoms with van der Waals surface area (Å²) in [6, 6.07) is 5.07. The highest BCUT2D eigenvalue weighted by atomic mass is 28.4. The van der Waals surface area contributed by atoms with E-state index in [9.17, 15) is 4.79 Å². The van der Waals surface area contributed by atoms with Crippen LogP contribution in [0.25, 0.3) is 0 Å². The van der Waals surface area contributed by atoms with Crippen LogP contribution < -0.4 is 0 Å². The van der Waals surface area contributed by atoms with E-state index in [2.05, 4.69) is 85.8 Å². The Morgan fingerprint density at radius 1 is 0.649 bits per heavy atom. The van der Waals surface area contributed by atoms with E-state index in [0.717, 1.165) is 12.3 Å². The summed E-state index contributed by atoms with van der Waals surface area (Å²) in [5, 5.41) is 0. The van der Waals surface area contributed by atoms with Gasteiger partial charge in [0.2, 0.25) is 6.08 Å². The molecule has 0 aliphatic carbocycles. The standard InChI is InChI=1S/C24H56O3Si3.C4H9NOSi/c1-21(2)25-28(7,8)18-13-15-24(17-20-30(11,12)27-23(5)6)16-14-19-29(9,10)26-22(3)4;6-4-5-2-1-3-7/h21-24H,13-20H2,1-12H3;1-3H2,7H3. The molecule has 0 aliphatic rings. The van der Waals surface area contributed by atoms with Crippen molar-refractivity contribution in [3.63, 3.8) is 0 Å². The van der Waals surface area contributed by atoms with Crippen molar-refractivity contribution in [3.05, 3.63) is 0 Å². The molecule has 37 heavy (non-hydrogen) atoms. The van der Waals surface area contributed by atoms with Gasteiger partial charge in [-0.2, -0.15) is 0 Å². The number of isocyanates is 1. The zero-order valence-corrected chi connectivity index (χ0v) is 32.2. The van der Waals surface area contributed by atoms with Gasteiger partial charge in [0.05, 0.1) is 6.54 Å². The average molecular weight is 592 g/mol. The van der Waals surface area contributed by atoms with Gasteiger partial charge in [-0.3, -0.25) is 0 Å². The molecule has 0 N–H and O–H groups in total. The van der Waals surface area contributed by atoms with Gasteiger partial charge in [-0.25, -0.2) is 9.79 Å². The van der Waals surface area contributed by atoms with Crippen LogP contribution in [0.1, 0.15) is 80.1 Å². The molecule has 0 rings (SSSR count). The van der Waals surface area contributed by atoms with Gasteiger partial charge in [0.1, 0.15) is 0 Å². The molecule has 0 unspecified atom stereocenters. The highest BCUT2D eigenvalue weighted by Gasteiger charge is 2.28. The Kier molecular flexibility index (Phi) is 22.2. The summed E-state index contributed by atoms with van der Waals surface area (Å²) in [5.41, 5.74) is 0. The van der Waals surface area contributed by atoms with E-state index < -0.39 is 25.0 Å². The number of aliphatic imine (C=N–C) groups is 1. The third-order valence-electron chi connectivity index (χ3n) is 6.29. The second kappa shape index (κ2) is 21.0. The summed E-state index contributed by atoms with van der Waals surface area (Å²) in [5.74, 6) is 0.820. The minimum atomic E-state index is -1.56. The molecule has 0 fully saturated rings. The maximum Gasteiger partial charge on any atom is 0.234 e. The molecule has 0 saturated heterocycles. The molecule has 0 saturated carbocycles. The Hall–Kier alpha value is 0.128. The molecular weight excluding hydrogens is 527 g/mol. The highest BCUT2D eigenvalue weighted by molar-refractivity contribution is 6.71. The fourth-order valence-corrected chi connectivity index (χ4v) is 12.7. The van der Waals surface area contributed by atoms with Crippen LogP contribution in [0.4, 0.5) is 0 Å². The molecule has 0 aliphatic heterocycles. The minimum absolute atomic E-state index is 0.352. The third kappa shape index (κ3) is 27.5. The quantitative estimate of drug-likeness (QED) is 0.0624. The van der Waals surface area contributed by atoms with Gasteiger partial charge in [-0.1, -0.05) is 38.1 Å². The largest absolute Gasteiger partial charge is 0.415 e. The molecule has 222 valence electrons. The third-order valence-corrected chi connectivity index (χ3v) is 14.9. The predicted octanol–water partition coefficient (Wildman–Crippen LogP) is 7.94. The van der Waals surface area contributed by atoms with Crippen molar-refractivity contribution >= 4 is 41.3 Å². The summed E-state index contributed by atoms with van der Waals surface area (Å²) < 4.78 is 18.8. The van der Waals surface area contributed by atoms with Gasteiger partial charge < -0.3 is 13.3 Å². The fraction of sp³-hybridized carbons (Fsp3) is 0.964. The summed E-state index contributed by atoms with van der Waals surface area (Å²) in [4.78, 5) is 12.8. The SMILES string of the molecule is CC(C)O[Si](C)(C)CCCC(CCC[Si](C)(C)OC(C)C)CC[Si](C)(C)OC(C)C.O=C=NCCC[SiH3]. The Labute approximate surface area is 238 Å². The van der Waals surface area contributed by atoms with E-state index in [1.54, 1.807) is 0 Å². The molecule has 0 heterocycles. The van der Waals surface area contributed by atoms with Crippen LogP contribution in [-0.2, 0) is 18.1 Å². The predicted molar refractivity (Wildman–Crippen MR) is 174 cm³/mol. The Bertz CT molecular complexity index is 579. The maximum atomic E-state index is 9.40. The van der Waals surface area contributed by atoms with Crippen molar-refractivity contribution in [3.8, 4) is 0 Å². The first-order valence-electron chi connectivity index (χ1n) is 15.0. The number of hydrogen-bond acceptors (Lipinski definition) is 5. The first-order valence-corrected chi connectivity index (χ1v) is 25.8. The first-order chi connectivity index (χ1) is 16.9. The number of rotatable bonds is 20. The van der Waals surface area contributed by atoms with Crippen LogP contribution >= 0.6 is 0 Å². The van der Waals surface area contributed by atoms with Crippen LogP contribution in [0.2, 0.25) is 63.5 Å². The van der Waals surface area contributed by atoms with Gasteiger partial charge in [-0.15, -0.1) is 0 Å². The Morgan fingerprint density at radius 3 is 1.35 bits per heavy atom. The summed E-state index contributed by atoms with van der Waals surface area (Å²) in [6.07, 6.45) is 10.3. The van der Waals surface area contributed by atoms with Crippen LogP contribution in [0.15, 0.2) is 4.99 Å². The van der Waals surface area contributed by atoms with Crippen LogP contribution in [0.3, 0.4) is 0 Å². The van der Waals surface area contributed by atoms with E-state index in [1.807, 2.05) is 0 Å². The van der Waals surface area contributed by atoms with Crippen molar-refractivity contribution in [2.75, 3.05) is 6.54 Å². The van der Waals surface area contributed by atoms with Crippen molar-refractivity contribution in [1.82, 2.24) is 0 Å². The molecule has 0 bridgehead atoms. The molecule has 9 heteroatoms. The molecule has 0 aromatic heterocycles. The van der Waals surface area contributed by atoms with Gasteiger partial charge in [0.15, 0.2) is 25.0 Å². The Morgan fingerprint density at radius 2 is 1.03 bits per heavy atom. The molecule has 0 aromatic rings. The molecule has 0 spiro atoms. The van der Waals surface area contributed by atoms with E-state index in [4.69, 9.17) is 13.3 Å². The summed E-state index contributed by atoms with van der Waals surface area (Å²) in [6.45, 7) is 28.0. The fourth-order valence-electron chi connectivity index (χ4n) is 4.99. The zero-order chi connectivity index (χ0) is 29.1. The Balaban J connectivity index is 0. The van der Waals surface area contributed by atoms with Gasteiger partial charge in [0.25, 0.3) is 0 Å². The summed E-state index contributed by atoms with van der Waals surface area (Å²) >= 11 is 0. The molecule has 0 atom stereocenters. The zero-order valence-electron chi connectivity index (χ0n) is 27.2. The number of hydrogen-bond donors (Lipinski definition) is 0. The van der Waals surface area contributed by atoms with Gasteiger partial charge in [0, 0.05) is 28.6 Å². The van der Waals surface area contributed by atoms with Crippen molar-refractivity contribution < 1.29 is 18.1 Å². The molecule has 5 nitrogen and oxygen atoms in total. The van der Waals surface area contributed by atoms with Gasteiger partial charge >= 0.3 is 0 Å².